The van der Waals surface area contributed by atoms with Crippen molar-refractivity contribution in [2.24, 2.45) is 0 Å². The molecule has 242 valence electrons. The highest BCUT2D eigenvalue weighted by molar-refractivity contribution is 5.52. The van der Waals surface area contributed by atoms with Crippen LogP contribution in [0.5, 0.6) is 40.2 Å². The molecule has 2 aliphatic heterocycles. The van der Waals surface area contributed by atoms with Crippen molar-refractivity contribution >= 4 is 0 Å². The van der Waals surface area contributed by atoms with Crippen molar-refractivity contribution in [1.29, 1.82) is 0 Å². The van der Waals surface area contributed by atoms with E-state index in [0.717, 1.165) is 67.3 Å². The van der Waals surface area contributed by atoms with E-state index in [1.54, 1.807) is 34.5 Å². The predicted octanol–water partition coefficient (Wildman–Crippen LogP) is 6.76. The average Bonchev–Trinajstić information content (AvgIpc) is 3.08. The zero-order valence-corrected chi connectivity index (χ0v) is 27.6. The van der Waals surface area contributed by atoms with E-state index < -0.39 is 0 Å². The summed E-state index contributed by atoms with van der Waals surface area (Å²) in [6.45, 7) is 1.93. The molecule has 0 amide bonds. The first-order chi connectivity index (χ1) is 22.3. The van der Waals surface area contributed by atoms with Gasteiger partial charge in [-0.05, 0) is 122 Å². The Hall–Kier alpha value is -4.40. The van der Waals surface area contributed by atoms with Crippen LogP contribution >= 0.6 is 0 Å². The number of methoxy groups -OCH3 is 4. The third kappa shape index (κ3) is 6.32. The van der Waals surface area contributed by atoms with Gasteiger partial charge in [0.15, 0.2) is 34.5 Å². The maximum atomic E-state index is 10.7. The molecule has 0 bridgehead atoms. The van der Waals surface area contributed by atoms with Crippen LogP contribution in [0.15, 0.2) is 66.7 Å². The van der Waals surface area contributed by atoms with Crippen LogP contribution in [0.25, 0.3) is 0 Å². The molecule has 2 aliphatic rings. The molecule has 0 saturated heterocycles. The molecule has 0 unspecified atom stereocenters. The molecule has 2 atom stereocenters. The highest BCUT2D eigenvalue weighted by atomic mass is 16.5. The Morgan fingerprint density at radius 2 is 1.04 bits per heavy atom. The fourth-order valence-electron chi connectivity index (χ4n) is 6.87. The van der Waals surface area contributed by atoms with Gasteiger partial charge in [0.1, 0.15) is 5.75 Å². The quantitative estimate of drug-likeness (QED) is 0.208. The van der Waals surface area contributed by atoms with E-state index in [2.05, 4.69) is 60.3 Å². The van der Waals surface area contributed by atoms with Gasteiger partial charge in [0, 0.05) is 25.2 Å². The van der Waals surface area contributed by atoms with Crippen LogP contribution in [0.1, 0.15) is 45.5 Å². The lowest BCUT2D eigenvalue weighted by atomic mass is 9.88. The summed E-state index contributed by atoms with van der Waals surface area (Å²) in [4.78, 5) is 4.77. The van der Waals surface area contributed by atoms with Gasteiger partial charge in [-0.1, -0.05) is 18.2 Å². The summed E-state index contributed by atoms with van der Waals surface area (Å²) in [6, 6.07) is 22.6. The number of fused-ring (bicyclic) bond motifs is 2. The van der Waals surface area contributed by atoms with E-state index >= 15 is 0 Å². The number of hydrogen-bond donors (Lipinski definition) is 1. The summed E-state index contributed by atoms with van der Waals surface area (Å²) in [5, 5.41) is 10.7. The van der Waals surface area contributed by atoms with Crippen molar-refractivity contribution in [3.63, 3.8) is 0 Å². The molecule has 46 heavy (non-hydrogen) atoms. The number of phenols is 1. The summed E-state index contributed by atoms with van der Waals surface area (Å²) in [6.07, 6.45) is 3.55. The number of aromatic hydroxyl groups is 1. The van der Waals surface area contributed by atoms with E-state index in [9.17, 15) is 5.11 Å². The highest BCUT2D eigenvalue weighted by Crippen LogP contribution is 2.41. The minimum atomic E-state index is 0.112. The van der Waals surface area contributed by atoms with Crippen molar-refractivity contribution in [3.05, 3.63) is 100 Å². The van der Waals surface area contributed by atoms with Gasteiger partial charge in [0.2, 0.25) is 0 Å². The smallest absolute Gasteiger partial charge is 0.169 e. The molecule has 2 heterocycles. The van der Waals surface area contributed by atoms with Crippen LogP contribution in [-0.4, -0.2) is 70.5 Å². The molecule has 0 saturated carbocycles. The predicted molar refractivity (Wildman–Crippen MR) is 179 cm³/mol. The second-order valence-electron chi connectivity index (χ2n) is 12.3. The lowest BCUT2D eigenvalue weighted by molar-refractivity contribution is 0.227. The van der Waals surface area contributed by atoms with E-state index in [1.165, 1.54) is 27.8 Å². The average molecular weight is 625 g/mol. The maximum Gasteiger partial charge on any atom is 0.169 e. The number of phenolic OH excluding ortho intramolecular Hbond substituents is 1. The third-order valence-corrected chi connectivity index (χ3v) is 9.57. The van der Waals surface area contributed by atoms with Crippen molar-refractivity contribution < 1.29 is 28.8 Å². The normalized spacial score (nSPS) is 18.0. The van der Waals surface area contributed by atoms with Gasteiger partial charge in [-0.3, -0.25) is 9.80 Å². The van der Waals surface area contributed by atoms with Crippen LogP contribution in [0, 0.1) is 0 Å². The zero-order valence-electron chi connectivity index (χ0n) is 27.6. The van der Waals surface area contributed by atoms with Gasteiger partial charge in [-0.2, -0.15) is 0 Å². The fraction of sp³-hybridized carbons (Fsp3) is 0.368. The monoisotopic (exact) mass is 624 g/mol. The SMILES string of the molecule is COc1cc2c(cc1OC)[C@@H](Cc1ccc(Oc3cc(C[C@@H]4c5cc(OC)c(OC)cc5CCN4C)ccc3O)cc1)N(C)CC2. The molecule has 4 aromatic carbocycles. The molecule has 6 rings (SSSR count). The summed E-state index contributed by atoms with van der Waals surface area (Å²) >= 11 is 0. The number of ether oxygens (including phenoxy) is 5. The van der Waals surface area contributed by atoms with E-state index in [1.807, 2.05) is 24.3 Å². The van der Waals surface area contributed by atoms with Gasteiger partial charge in [-0.25, -0.2) is 0 Å². The molecule has 8 nitrogen and oxygen atoms in total. The third-order valence-electron chi connectivity index (χ3n) is 9.57. The molecule has 0 fully saturated rings. The Bertz CT molecular complexity index is 1690. The van der Waals surface area contributed by atoms with Gasteiger partial charge >= 0.3 is 0 Å². The molecule has 0 aliphatic carbocycles. The lowest BCUT2D eigenvalue weighted by Gasteiger charge is -2.35. The van der Waals surface area contributed by atoms with E-state index in [4.69, 9.17) is 23.7 Å². The Labute approximate surface area is 272 Å². The number of likely N-dealkylation sites (N-methyl/N-ethyl adjacent to an activating group) is 2. The van der Waals surface area contributed by atoms with Gasteiger partial charge < -0.3 is 28.8 Å². The molecule has 8 heteroatoms. The van der Waals surface area contributed by atoms with Crippen LogP contribution in [0.2, 0.25) is 0 Å². The van der Waals surface area contributed by atoms with Crippen LogP contribution in [0.4, 0.5) is 0 Å². The number of nitrogens with zero attached hydrogens (tertiary/aromatic N) is 2. The molecule has 0 radical (unpaired) electrons. The van der Waals surface area contributed by atoms with Gasteiger partial charge in [0.05, 0.1) is 28.4 Å². The second kappa shape index (κ2) is 13.5. The minimum Gasteiger partial charge on any atom is -0.504 e. The van der Waals surface area contributed by atoms with Crippen molar-refractivity contribution in [1.82, 2.24) is 9.80 Å². The minimum absolute atomic E-state index is 0.112. The lowest BCUT2D eigenvalue weighted by Crippen LogP contribution is -2.33. The number of rotatable bonds is 10. The largest absolute Gasteiger partial charge is 0.504 e. The first-order valence-electron chi connectivity index (χ1n) is 15.8. The van der Waals surface area contributed by atoms with Crippen LogP contribution in [-0.2, 0) is 25.7 Å². The summed E-state index contributed by atoms with van der Waals surface area (Å²) < 4.78 is 28.6. The first kappa shape index (κ1) is 31.6. The molecule has 0 spiro atoms. The van der Waals surface area contributed by atoms with E-state index in [-0.39, 0.29) is 17.8 Å². The van der Waals surface area contributed by atoms with Crippen LogP contribution < -0.4 is 23.7 Å². The topological polar surface area (TPSA) is 72.9 Å². The molecule has 4 aromatic rings. The summed E-state index contributed by atoms with van der Waals surface area (Å²) in [5.41, 5.74) is 7.38. The molecular formula is C38H44N2O6. The van der Waals surface area contributed by atoms with Crippen molar-refractivity contribution in [3.8, 4) is 40.2 Å². The Balaban J connectivity index is 1.18. The second-order valence-corrected chi connectivity index (χ2v) is 12.3. The van der Waals surface area contributed by atoms with Crippen molar-refractivity contribution in [2.75, 3.05) is 55.6 Å². The molecular weight excluding hydrogens is 580 g/mol. The van der Waals surface area contributed by atoms with Crippen LogP contribution in [0.3, 0.4) is 0 Å². The standard InChI is InChI=1S/C38H44N2O6/c1-39-15-13-26-20-35(42-3)37(44-5)22-29(26)31(39)17-24-7-10-28(11-8-24)46-34-19-25(9-12-33(34)41)18-32-30-23-38(45-6)36(43-4)21-27(30)14-16-40(32)2/h7-12,19-23,31-32,41H,13-18H2,1-6H3/t31-,32-/m1/s1. The maximum absolute atomic E-state index is 10.7. The summed E-state index contributed by atoms with van der Waals surface area (Å²) in [7, 11) is 11.0. The Morgan fingerprint density at radius 1 is 0.587 bits per heavy atom. The number of benzene rings is 4. The Kier molecular flexibility index (Phi) is 9.29. The van der Waals surface area contributed by atoms with Crippen molar-refractivity contribution in [2.45, 2.75) is 37.8 Å². The fourth-order valence-corrected chi connectivity index (χ4v) is 6.87. The highest BCUT2D eigenvalue weighted by Gasteiger charge is 2.29. The number of hydrogen-bond acceptors (Lipinski definition) is 8. The Morgan fingerprint density at radius 3 is 1.54 bits per heavy atom. The van der Waals surface area contributed by atoms with Gasteiger partial charge in [0.25, 0.3) is 0 Å². The first-order valence-corrected chi connectivity index (χ1v) is 15.8. The zero-order chi connectivity index (χ0) is 32.4. The van der Waals surface area contributed by atoms with Gasteiger partial charge in [-0.15, -0.1) is 0 Å². The van der Waals surface area contributed by atoms with E-state index in [0.29, 0.717) is 11.5 Å². The molecule has 1 N–H and O–H groups in total. The molecule has 0 aromatic heterocycles. The summed E-state index contributed by atoms with van der Waals surface area (Å²) in [5.74, 6) is 4.25.